The number of hydrogen-bond donors (Lipinski definition) is 1. The molecule has 1 atom stereocenters. The Kier molecular flexibility index (Phi) is 5.37. The first kappa shape index (κ1) is 20.8. The topological polar surface area (TPSA) is 79.7 Å². The predicted molar refractivity (Wildman–Crippen MR) is 121 cm³/mol. The zero-order valence-electron chi connectivity index (χ0n) is 17.7. The van der Waals surface area contributed by atoms with Gasteiger partial charge in [-0.15, -0.1) is 11.3 Å². The largest absolute Gasteiger partial charge is 0.507 e. The number of aliphatic hydroxyl groups excluding tert-OH is 1. The molecule has 2 aromatic carbocycles. The van der Waals surface area contributed by atoms with E-state index in [1.807, 2.05) is 45.0 Å². The highest BCUT2D eigenvalue weighted by Crippen LogP contribution is 2.43. The molecule has 0 saturated carbocycles. The molecule has 0 radical (unpaired) electrons. The number of amides is 1. The lowest BCUT2D eigenvalue weighted by Crippen LogP contribution is -2.29. The van der Waals surface area contributed by atoms with E-state index in [-0.39, 0.29) is 11.3 Å². The molecule has 1 N–H and O–H groups in total. The van der Waals surface area contributed by atoms with Crippen molar-refractivity contribution in [2.24, 2.45) is 0 Å². The van der Waals surface area contributed by atoms with E-state index in [2.05, 4.69) is 4.98 Å². The summed E-state index contributed by atoms with van der Waals surface area (Å²) in [4.78, 5) is 33.1. The standard InChI is InChI=1S/C24H22N2O4S/c1-13-5-7-16(8-6-13)20-19(21(27)17-9-11-18(30-4)12-10-17)22(28)23(29)26(20)24-25-14(2)15(3)31-24/h5-12,20,27H,1-4H3. The number of aryl methyl sites for hydroxylation is 3. The second-order valence-electron chi connectivity index (χ2n) is 7.45. The van der Waals surface area contributed by atoms with E-state index >= 15 is 0 Å². The van der Waals surface area contributed by atoms with Crippen molar-refractivity contribution >= 4 is 33.9 Å². The molecule has 1 unspecified atom stereocenters. The minimum absolute atomic E-state index is 0.0459. The highest BCUT2D eigenvalue weighted by atomic mass is 32.1. The molecular formula is C24H22N2O4S. The fourth-order valence-corrected chi connectivity index (χ4v) is 4.49. The van der Waals surface area contributed by atoms with E-state index in [1.54, 1.807) is 31.4 Å². The summed E-state index contributed by atoms with van der Waals surface area (Å²) in [6.45, 7) is 5.75. The third kappa shape index (κ3) is 3.61. The average molecular weight is 435 g/mol. The van der Waals surface area contributed by atoms with E-state index in [4.69, 9.17) is 4.74 Å². The van der Waals surface area contributed by atoms with E-state index in [0.29, 0.717) is 16.4 Å². The molecule has 4 rings (SSSR count). The lowest BCUT2D eigenvalue weighted by atomic mass is 9.95. The van der Waals surface area contributed by atoms with Crippen LogP contribution in [0.4, 0.5) is 5.13 Å². The molecule has 0 bridgehead atoms. The maximum Gasteiger partial charge on any atom is 0.301 e. The molecule has 3 aromatic rings. The number of hydrogen-bond acceptors (Lipinski definition) is 6. The van der Waals surface area contributed by atoms with Gasteiger partial charge in [0.25, 0.3) is 5.78 Å². The molecule has 1 aliphatic heterocycles. The van der Waals surface area contributed by atoms with Crippen LogP contribution in [0.1, 0.15) is 33.3 Å². The van der Waals surface area contributed by atoms with Gasteiger partial charge in [-0.1, -0.05) is 29.8 Å². The Hall–Kier alpha value is -3.45. The van der Waals surface area contributed by atoms with Crippen LogP contribution in [0, 0.1) is 20.8 Å². The number of ether oxygens (including phenoxy) is 1. The third-order valence-electron chi connectivity index (χ3n) is 5.42. The highest BCUT2D eigenvalue weighted by molar-refractivity contribution is 7.16. The number of benzene rings is 2. The molecule has 1 amide bonds. The normalized spacial score (nSPS) is 17.9. The van der Waals surface area contributed by atoms with Gasteiger partial charge in [-0.25, -0.2) is 4.98 Å². The molecule has 1 saturated heterocycles. The molecular weight excluding hydrogens is 412 g/mol. The second kappa shape index (κ2) is 8.00. The number of aromatic nitrogens is 1. The summed E-state index contributed by atoms with van der Waals surface area (Å²) in [5, 5.41) is 11.5. The molecule has 2 heterocycles. The maximum absolute atomic E-state index is 13.1. The first-order valence-corrected chi connectivity index (χ1v) is 10.6. The number of Topliss-reactive ketones (excluding diaryl/α,β-unsaturated/α-hetero) is 1. The Morgan fingerprint density at radius 2 is 1.68 bits per heavy atom. The van der Waals surface area contributed by atoms with Crippen molar-refractivity contribution in [2.45, 2.75) is 26.8 Å². The van der Waals surface area contributed by atoms with Gasteiger partial charge in [0.15, 0.2) is 5.13 Å². The van der Waals surface area contributed by atoms with E-state index in [9.17, 15) is 14.7 Å². The van der Waals surface area contributed by atoms with Crippen molar-refractivity contribution in [1.29, 1.82) is 0 Å². The van der Waals surface area contributed by atoms with Crippen LogP contribution in [-0.4, -0.2) is 28.9 Å². The number of thiazole rings is 1. The number of methoxy groups -OCH3 is 1. The lowest BCUT2D eigenvalue weighted by molar-refractivity contribution is -0.132. The zero-order chi connectivity index (χ0) is 22.3. The Morgan fingerprint density at radius 1 is 1.03 bits per heavy atom. The minimum Gasteiger partial charge on any atom is -0.507 e. The summed E-state index contributed by atoms with van der Waals surface area (Å²) >= 11 is 1.35. The Morgan fingerprint density at radius 3 is 2.23 bits per heavy atom. The van der Waals surface area contributed by atoms with Gasteiger partial charge in [-0.05, 0) is 50.6 Å². The fourth-order valence-electron chi connectivity index (χ4n) is 3.56. The smallest absolute Gasteiger partial charge is 0.301 e. The molecule has 1 fully saturated rings. The van der Waals surface area contributed by atoms with Gasteiger partial charge in [0, 0.05) is 10.4 Å². The van der Waals surface area contributed by atoms with Crippen LogP contribution in [0.3, 0.4) is 0 Å². The Bertz CT molecular complexity index is 1170. The summed E-state index contributed by atoms with van der Waals surface area (Å²) in [5.41, 5.74) is 3.06. The van der Waals surface area contributed by atoms with Gasteiger partial charge >= 0.3 is 5.91 Å². The van der Waals surface area contributed by atoms with Gasteiger partial charge in [-0.3, -0.25) is 14.5 Å². The quantitative estimate of drug-likeness (QED) is 0.366. The second-order valence-corrected chi connectivity index (χ2v) is 8.63. The number of rotatable bonds is 4. The Labute approximate surface area is 184 Å². The van der Waals surface area contributed by atoms with Gasteiger partial charge in [-0.2, -0.15) is 0 Å². The van der Waals surface area contributed by atoms with E-state index in [1.165, 1.54) is 16.2 Å². The molecule has 7 heteroatoms. The van der Waals surface area contributed by atoms with Gasteiger partial charge in [0.1, 0.15) is 11.5 Å². The number of aliphatic hydroxyl groups is 1. The zero-order valence-corrected chi connectivity index (χ0v) is 18.5. The number of nitrogens with zero attached hydrogens (tertiary/aromatic N) is 2. The highest BCUT2D eigenvalue weighted by Gasteiger charge is 2.48. The van der Waals surface area contributed by atoms with Crippen molar-refractivity contribution in [1.82, 2.24) is 4.98 Å². The van der Waals surface area contributed by atoms with Crippen molar-refractivity contribution in [2.75, 3.05) is 12.0 Å². The number of carbonyl (C=O) groups is 2. The fraction of sp³-hybridized carbons (Fsp3) is 0.208. The summed E-state index contributed by atoms with van der Waals surface area (Å²) in [6.07, 6.45) is 0. The molecule has 1 aromatic heterocycles. The average Bonchev–Trinajstić information content (AvgIpc) is 3.23. The molecule has 158 valence electrons. The van der Waals surface area contributed by atoms with Crippen LogP contribution in [0.25, 0.3) is 5.76 Å². The third-order valence-corrected chi connectivity index (χ3v) is 6.50. The number of anilines is 1. The van der Waals surface area contributed by atoms with Crippen molar-refractivity contribution in [3.8, 4) is 5.75 Å². The van der Waals surface area contributed by atoms with E-state index in [0.717, 1.165) is 21.7 Å². The van der Waals surface area contributed by atoms with Crippen LogP contribution < -0.4 is 9.64 Å². The monoisotopic (exact) mass is 434 g/mol. The minimum atomic E-state index is -0.771. The van der Waals surface area contributed by atoms with Crippen molar-refractivity contribution in [3.05, 3.63) is 81.4 Å². The number of carbonyl (C=O) groups excluding carboxylic acids is 2. The van der Waals surface area contributed by atoms with Crippen molar-refractivity contribution in [3.63, 3.8) is 0 Å². The summed E-state index contributed by atoms with van der Waals surface area (Å²) < 4.78 is 5.17. The SMILES string of the molecule is COc1ccc(C(O)=C2C(=O)C(=O)N(c3nc(C)c(C)s3)C2c2ccc(C)cc2)cc1. The summed E-state index contributed by atoms with van der Waals surface area (Å²) in [7, 11) is 1.55. The van der Waals surface area contributed by atoms with E-state index < -0.39 is 17.7 Å². The predicted octanol–water partition coefficient (Wildman–Crippen LogP) is 4.70. The molecule has 31 heavy (non-hydrogen) atoms. The van der Waals surface area contributed by atoms with Gasteiger partial charge < -0.3 is 9.84 Å². The molecule has 1 aliphatic rings. The van der Waals surface area contributed by atoms with Crippen molar-refractivity contribution < 1.29 is 19.4 Å². The summed E-state index contributed by atoms with van der Waals surface area (Å²) in [6, 6.07) is 13.5. The molecule has 0 aliphatic carbocycles. The van der Waals surface area contributed by atoms with Crippen LogP contribution in [0.2, 0.25) is 0 Å². The summed E-state index contributed by atoms with van der Waals surface area (Å²) in [5.74, 6) is -1.03. The van der Waals surface area contributed by atoms with Crippen LogP contribution in [0.5, 0.6) is 5.75 Å². The van der Waals surface area contributed by atoms with Crippen LogP contribution in [-0.2, 0) is 9.59 Å². The molecule has 0 spiro atoms. The first-order chi connectivity index (χ1) is 14.8. The van der Waals surface area contributed by atoms with Crippen LogP contribution >= 0.6 is 11.3 Å². The first-order valence-electron chi connectivity index (χ1n) is 9.78. The maximum atomic E-state index is 13.1. The van der Waals surface area contributed by atoms with Gasteiger partial charge in [0.05, 0.1) is 24.4 Å². The molecule has 6 nitrogen and oxygen atoms in total. The number of ketones is 1. The van der Waals surface area contributed by atoms with Gasteiger partial charge in [0.2, 0.25) is 0 Å². The lowest BCUT2D eigenvalue weighted by Gasteiger charge is -2.23. The van der Waals surface area contributed by atoms with Crippen LogP contribution in [0.15, 0.2) is 54.1 Å². The Balaban J connectivity index is 1.92.